The van der Waals surface area contributed by atoms with E-state index in [2.05, 4.69) is 5.32 Å². The Morgan fingerprint density at radius 2 is 1.41 bits per heavy atom. The van der Waals surface area contributed by atoms with E-state index in [4.69, 9.17) is 18.9 Å². The zero-order valence-electron chi connectivity index (χ0n) is 13.1. The number of esters is 1. The Hall–Kier alpha value is -1.47. The lowest BCUT2D eigenvalue weighted by Crippen LogP contribution is -2.17. The number of nitrogens with one attached hydrogen (secondary N) is 1. The Kier molecular flexibility index (Phi) is 11.2. The maximum absolute atomic E-state index is 11.6. The van der Waals surface area contributed by atoms with Crippen LogP contribution in [0.3, 0.4) is 0 Å². The number of hydrogen-bond donors (Lipinski definition) is 1. The highest BCUT2D eigenvalue weighted by molar-refractivity contribution is 5.89. The van der Waals surface area contributed by atoms with Crippen LogP contribution in [0.2, 0.25) is 0 Å². The van der Waals surface area contributed by atoms with Gasteiger partial charge in [-0.15, -0.1) is 0 Å². The Labute approximate surface area is 131 Å². The first-order chi connectivity index (χ1) is 10.8. The molecule has 1 aromatic rings. The highest BCUT2D eigenvalue weighted by atomic mass is 16.6. The van der Waals surface area contributed by atoms with Crippen LogP contribution in [0.4, 0.5) is 0 Å². The van der Waals surface area contributed by atoms with Gasteiger partial charge in [-0.25, -0.2) is 4.79 Å². The molecule has 0 aliphatic heterocycles. The predicted octanol–water partition coefficient (Wildman–Crippen LogP) is 1.11. The fourth-order valence-electron chi connectivity index (χ4n) is 1.57. The van der Waals surface area contributed by atoms with Crippen LogP contribution in [0.5, 0.6) is 0 Å². The van der Waals surface area contributed by atoms with Gasteiger partial charge < -0.3 is 24.3 Å². The Bertz CT molecular complexity index is 385. The largest absolute Gasteiger partial charge is 0.460 e. The van der Waals surface area contributed by atoms with Crippen molar-refractivity contribution in [3.05, 3.63) is 35.9 Å². The normalized spacial score (nSPS) is 10.6. The smallest absolute Gasteiger partial charge is 0.338 e. The molecule has 0 aliphatic rings. The van der Waals surface area contributed by atoms with Gasteiger partial charge in [-0.1, -0.05) is 18.2 Å². The number of benzene rings is 1. The van der Waals surface area contributed by atoms with Gasteiger partial charge in [0.15, 0.2) is 0 Å². The third-order valence-corrected chi connectivity index (χ3v) is 2.71. The third kappa shape index (κ3) is 9.46. The lowest BCUT2D eigenvalue weighted by Gasteiger charge is -2.07. The van der Waals surface area contributed by atoms with Crippen LogP contribution < -0.4 is 5.32 Å². The van der Waals surface area contributed by atoms with Gasteiger partial charge in [0.1, 0.15) is 6.61 Å². The third-order valence-electron chi connectivity index (χ3n) is 2.71. The molecular weight excluding hydrogens is 286 g/mol. The van der Waals surface area contributed by atoms with Crippen LogP contribution in [0, 0.1) is 0 Å². The summed E-state index contributed by atoms with van der Waals surface area (Å²) in [4.78, 5) is 11.6. The van der Waals surface area contributed by atoms with E-state index in [1.165, 1.54) is 0 Å². The van der Waals surface area contributed by atoms with Crippen LogP contribution in [0.15, 0.2) is 30.3 Å². The quantitative estimate of drug-likeness (QED) is 0.435. The molecule has 0 bridgehead atoms. The van der Waals surface area contributed by atoms with Gasteiger partial charge in [-0.05, 0) is 19.2 Å². The van der Waals surface area contributed by atoms with Gasteiger partial charge in [0.25, 0.3) is 0 Å². The first-order valence-electron chi connectivity index (χ1n) is 7.44. The van der Waals surface area contributed by atoms with Crippen molar-refractivity contribution >= 4 is 5.97 Å². The lowest BCUT2D eigenvalue weighted by atomic mass is 10.2. The molecule has 0 radical (unpaired) electrons. The van der Waals surface area contributed by atoms with E-state index in [1.807, 2.05) is 13.1 Å². The molecule has 0 saturated carbocycles. The van der Waals surface area contributed by atoms with Crippen LogP contribution in [0.25, 0.3) is 0 Å². The minimum Gasteiger partial charge on any atom is -0.460 e. The second-order valence-corrected chi connectivity index (χ2v) is 4.44. The van der Waals surface area contributed by atoms with E-state index >= 15 is 0 Å². The van der Waals surface area contributed by atoms with Gasteiger partial charge in [0.2, 0.25) is 0 Å². The second-order valence-electron chi connectivity index (χ2n) is 4.44. The first-order valence-corrected chi connectivity index (χ1v) is 7.44. The van der Waals surface area contributed by atoms with Crippen LogP contribution in [0.1, 0.15) is 10.4 Å². The minimum absolute atomic E-state index is 0.237. The van der Waals surface area contributed by atoms with Crippen molar-refractivity contribution in [1.29, 1.82) is 0 Å². The number of rotatable bonds is 13. The van der Waals surface area contributed by atoms with Gasteiger partial charge >= 0.3 is 5.97 Å². The summed E-state index contributed by atoms with van der Waals surface area (Å²) in [6.45, 7) is 4.23. The molecule has 0 saturated heterocycles. The zero-order chi connectivity index (χ0) is 15.9. The molecule has 22 heavy (non-hydrogen) atoms. The summed E-state index contributed by atoms with van der Waals surface area (Å²) in [6, 6.07) is 8.89. The highest BCUT2D eigenvalue weighted by Crippen LogP contribution is 2.00. The number of likely N-dealkylation sites (N-methyl/N-ethyl adjacent to an activating group) is 1. The van der Waals surface area contributed by atoms with Gasteiger partial charge in [0.05, 0.1) is 45.2 Å². The molecule has 0 heterocycles. The van der Waals surface area contributed by atoms with Crippen molar-refractivity contribution in [2.75, 3.05) is 59.8 Å². The molecule has 1 N–H and O–H groups in total. The topological polar surface area (TPSA) is 66.0 Å². The highest BCUT2D eigenvalue weighted by Gasteiger charge is 2.04. The number of carbonyl (C=O) groups excluding carboxylic acids is 1. The summed E-state index contributed by atoms with van der Waals surface area (Å²) in [5.74, 6) is -0.334. The van der Waals surface area contributed by atoms with Crippen LogP contribution >= 0.6 is 0 Å². The van der Waals surface area contributed by atoms with E-state index in [1.54, 1.807) is 24.3 Å². The molecule has 0 aromatic heterocycles. The van der Waals surface area contributed by atoms with E-state index in [-0.39, 0.29) is 12.6 Å². The Balaban J connectivity index is 1.85. The molecule has 1 aromatic carbocycles. The van der Waals surface area contributed by atoms with Crippen molar-refractivity contribution < 1.29 is 23.7 Å². The molecule has 0 fully saturated rings. The van der Waals surface area contributed by atoms with E-state index in [9.17, 15) is 4.79 Å². The summed E-state index contributed by atoms with van der Waals surface area (Å²) in [5.41, 5.74) is 0.545. The van der Waals surface area contributed by atoms with Gasteiger partial charge in [0, 0.05) is 6.54 Å². The molecule has 0 spiro atoms. The van der Waals surface area contributed by atoms with E-state index in [0.717, 1.165) is 6.54 Å². The van der Waals surface area contributed by atoms with Crippen LogP contribution in [-0.4, -0.2) is 65.8 Å². The average molecular weight is 311 g/mol. The SMILES string of the molecule is CNCCOCCOCCOCCOC(=O)c1ccccc1. The average Bonchev–Trinajstić information content (AvgIpc) is 2.56. The predicted molar refractivity (Wildman–Crippen MR) is 83.1 cm³/mol. The van der Waals surface area contributed by atoms with Gasteiger partial charge in [-0.2, -0.15) is 0 Å². The second kappa shape index (κ2) is 13.2. The van der Waals surface area contributed by atoms with Crippen LogP contribution in [-0.2, 0) is 18.9 Å². The molecule has 0 unspecified atom stereocenters. The Morgan fingerprint density at radius 1 is 0.864 bits per heavy atom. The summed E-state index contributed by atoms with van der Waals surface area (Å²) >= 11 is 0. The molecule has 6 heteroatoms. The maximum atomic E-state index is 11.6. The first kappa shape index (κ1) is 18.6. The van der Waals surface area contributed by atoms with E-state index in [0.29, 0.717) is 45.2 Å². The van der Waals surface area contributed by atoms with E-state index < -0.39 is 0 Å². The van der Waals surface area contributed by atoms with Crippen molar-refractivity contribution in [2.45, 2.75) is 0 Å². The fourth-order valence-corrected chi connectivity index (χ4v) is 1.57. The summed E-state index contributed by atoms with van der Waals surface area (Å²) < 4.78 is 21.0. The zero-order valence-corrected chi connectivity index (χ0v) is 13.1. The molecule has 0 amide bonds. The summed E-state index contributed by atoms with van der Waals surface area (Å²) in [6.07, 6.45) is 0. The minimum atomic E-state index is -0.334. The summed E-state index contributed by atoms with van der Waals surface area (Å²) in [7, 11) is 1.88. The Morgan fingerprint density at radius 3 is 2.00 bits per heavy atom. The number of hydrogen-bond acceptors (Lipinski definition) is 6. The standard InChI is InChI=1S/C16H25NO5/c1-17-7-8-19-9-10-20-11-12-21-13-14-22-16(18)15-5-3-2-4-6-15/h2-6,17H,7-14H2,1H3. The van der Waals surface area contributed by atoms with Gasteiger partial charge in [-0.3, -0.25) is 0 Å². The molecule has 124 valence electrons. The molecular formula is C16H25NO5. The van der Waals surface area contributed by atoms with Crippen molar-refractivity contribution in [3.63, 3.8) is 0 Å². The molecule has 6 nitrogen and oxygen atoms in total. The van der Waals surface area contributed by atoms with Crippen molar-refractivity contribution in [2.24, 2.45) is 0 Å². The maximum Gasteiger partial charge on any atom is 0.338 e. The lowest BCUT2D eigenvalue weighted by molar-refractivity contribution is 0.000964. The summed E-state index contributed by atoms with van der Waals surface area (Å²) in [5, 5.41) is 3.00. The monoisotopic (exact) mass is 311 g/mol. The van der Waals surface area contributed by atoms with Crippen molar-refractivity contribution in [1.82, 2.24) is 5.32 Å². The number of carbonyl (C=O) groups is 1. The van der Waals surface area contributed by atoms with Crippen molar-refractivity contribution in [3.8, 4) is 0 Å². The molecule has 0 atom stereocenters. The molecule has 1 rings (SSSR count). The fraction of sp³-hybridized carbons (Fsp3) is 0.562. The number of ether oxygens (including phenoxy) is 4. The molecule has 0 aliphatic carbocycles.